The van der Waals surface area contributed by atoms with Gasteiger partial charge in [-0.25, -0.2) is 13.1 Å². The zero-order valence-corrected chi connectivity index (χ0v) is 11.8. The molecule has 0 bridgehead atoms. The van der Waals surface area contributed by atoms with Crippen molar-refractivity contribution in [1.29, 1.82) is 0 Å². The van der Waals surface area contributed by atoms with Gasteiger partial charge in [-0.3, -0.25) is 9.59 Å². The second-order valence-corrected chi connectivity index (χ2v) is 7.42. The van der Waals surface area contributed by atoms with Crippen LogP contribution in [-0.2, 0) is 14.8 Å². The monoisotopic (exact) mass is 306 g/mol. The minimum absolute atomic E-state index is 0.0754. The highest BCUT2D eigenvalue weighted by Gasteiger charge is 2.36. The van der Waals surface area contributed by atoms with Crippen molar-refractivity contribution in [2.75, 3.05) is 0 Å². The summed E-state index contributed by atoms with van der Waals surface area (Å²) >= 11 is 0.605. The molecule has 2 unspecified atom stereocenters. The molecule has 0 aliphatic heterocycles. The van der Waals surface area contributed by atoms with Crippen molar-refractivity contribution in [3.05, 3.63) is 15.4 Å². The lowest BCUT2D eigenvalue weighted by Gasteiger charge is -2.17. The summed E-state index contributed by atoms with van der Waals surface area (Å²) < 4.78 is 26.6. The van der Waals surface area contributed by atoms with Gasteiger partial charge in [0.1, 0.15) is 0 Å². The lowest BCUT2D eigenvalue weighted by Crippen LogP contribution is -2.40. The Kier molecular flexibility index (Phi) is 3.79. The Morgan fingerprint density at radius 3 is 2.68 bits per heavy atom. The first-order chi connectivity index (χ1) is 8.81. The molecule has 19 heavy (non-hydrogen) atoms. The van der Waals surface area contributed by atoms with Gasteiger partial charge < -0.3 is 10.1 Å². The zero-order chi connectivity index (χ0) is 14.2. The molecule has 2 rings (SSSR count). The summed E-state index contributed by atoms with van der Waals surface area (Å²) in [4.78, 5) is 24.1. The zero-order valence-electron chi connectivity index (χ0n) is 10.2. The normalized spacial score (nSPS) is 23.6. The van der Waals surface area contributed by atoms with Crippen LogP contribution < -0.4 is 9.60 Å². The van der Waals surface area contributed by atoms with Crippen molar-refractivity contribution in [1.82, 2.24) is 9.71 Å². The van der Waals surface area contributed by atoms with Gasteiger partial charge in [-0.2, -0.15) is 0 Å². The summed E-state index contributed by atoms with van der Waals surface area (Å²) in [6.45, 7) is 1.50. The molecule has 9 heteroatoms. The minimum atomic E-state index is -3.85. The molecule has 3 N–H and O–H groups in total. The molecule has 0 saturated heterocycles. The third kappa shape index (κ3) is 2.88. The standard InChI is InChI=1S/C10H14N2O5S2/c1-5-9(18-10(15)11-5)19(16,17)12-7-4-2-3-6(7)8(13)14/h6-7,12H,2-4H2,1H3,(H,11,15)(H,13,14). The number of sulfonamides is 1. The first-order valence-electron chi connectivity index (χ1n) is 5.76. The van der Waals surface area contributed by atoms with Gasteiger partial charge in [0.2, 0.25) is 0 Å². The number of thiazole rings is 1. The number of hydrogen-bond acceptors (Lipinski definition) is 5. The smallest absolute Gasteiger partial charge is 0.308 e. The minimum Gasteiger partial charge on any atom is -0.481 e. The van der Waals surface area contributed by atoms with Gasteiger partial charge in [-0.1, -0.05) is 17.8 Å². The lowest BCUT2D eigenvalue weighted by molar-refractivity contribution is -0.141. The van der Waals surface area contributed by atoms with E-state index in [-0.39, 0.29) is 9.90 Å². The number of nitrogens with one attached hydrogen (secondary N) is 2. The topological polar surface area (TPSA) is 116 Å². The Labute approximate surface area is 113 Å². The molecule has 0 amide bonds. The van der Waals surface area contributed by atoms with Crippen molar-refractivity contribution in [2.24, 2.45) is 5.92 Å². The van der Waals surface area contributed by atoms with Gasteiger partial charge in [0.05, 0.1) is 5.92 Å². The Morgan fingerprint density at radius 1 is 1.47 bits per heavy atom. The van der Waals surface area contributed by atoms with Crippen molar-refractivity contribution in [2.45, 2.75) is 36.4 Å². The van der Waals surface area contributed by atoms with Gasteiger partial charge in [-0.15, -0.1) is 0 Å². The van der Waals surface area contributed by atoms with Crippen molar-refractivity contribution in [3.8, 4) is 0 Å². The van der Waals surface area contributed by atoms with Crippen LogP contribution in [0.3, 0.4) is 0 Å². The maximum atomic E-state index is 12.1. The molecule has 1 heterocycles. The third-order valence-electron chi connectivity index (χ3n) is 3.16. The van der Waals surface area contributed by atoms with Gasteiger partial charge in [0.25, 0.3) is 10.0 Å². The van der Waals surface area contributed by atoms with Crippen LogP contribution >= 0.6 is 11.3 Å². The van der Waals surface area contributed by atoms with E-state index in [1.54, 1.807) is 0 Å². The molecular weight excluding hydrogens is 292 g/mol. The van der Waals surface area contributed by atoms with Crippen LogP contribution in [0.15, 0.2) is 9.00 Å². The summed E-state index contributed by atoms with van der Waals surface area (Å²) in [5.74, 6) is -1.70. The number of aromatic amines is 1. The van der Waals surface area contributed by atoms with Gasteiger partial charge in [0.15, 0.2) is 4.21 Å². The van der Waals surface area contributed by atoms with E-state index >= 15 is 0 Å². The second kappa shape index (κ2) is 5.06. The van der Waals surface area contributed by atoms with E-state index in [1.807, 2.05) is 0 Å². The number of aliphatic carboxylic acids is 1. The molecule has 1 saturated carbocycles. The molecule has 0 spiro atoms. The fourth-order valence-corrected chi connectivity index (χ4v) is 4.92. The van der Waals surface area contributed by atoms with Gasteiger partial charge >= 0.3 is 10.8 Å². The van der Waals surface area contributed by atoms with E-state index in [9.17, 15) is 18.0 Å². The second-order valence-electron chi connectivity index (χ2n) is 4.53. The van der Waals surface area contributed by atoms with Crippen LogP contribution in [0.4, 0.5) is 0 Å². The lowest BCUT2D eigenvalue weighted by atomic mass is 10.1. The maximum Gasteiger partial charge on any atom is 0.308 e. The third-order valence-corrected chi connectivity index (χ3v) is 6.26. The molecule has 1 aromatic heterocycles. The van der Waals surface area contributed by atoms with E-state index in [0.717, 1.165) is 0 Å². The Bertz CT molecular complexity index is 645. The number of rotatable bonds is 4. The fraction of sp³-hybridized carbons (Fsp3) is 0.600. The summed E-state index contributed by atoms with van der Waals surface area (Å²) in [5, 5.41) is 9.02. The molecule has 106 valence electrons. The van der Waals surface area contributed by atoms with Gasteiger partial charge in [0, 0.05) is 11.7 Å². The Morgan fingerprint density at radius 2 is 2.16 bits per heavy atom. The van der Waals surface area contributed by atoms with E-state index in [2.05, 4.69) is 9.71 Å². The van der Waals surface area contributed by atoms with Crippen molar-refractivity contribution >= 4 is 27.3 Å². The van der Waals surface area contributed by atoms with E-state index in [1.165, 1.54) is 6.92 Å². The Balaban J connectivity index is 2.25. The van der Waals surface area contributed by atoms with Crippen LogP contribution in [0.2, 0.25) is 0 Å². The molecule has 1 aliphatic carbocycles. The molecule has 1 fully saturated rings. The van der Waals surface area contributed by atoms with Crippen LogP contribution in [0.1, 0.15) is 25.0 Å². The number of hydrogen-bond donors (Lipinski definition) is 3. The molecule has 2 atom stereocenters. The molecule has 0 radical (unpaired) electrons. The quantitative estimate of drug-likeness (QED) is 0.738. The van der Waals surface area contributed by atoms with Crippen LogP contribution in [-0.4, -0.2) is 30.5 Å². The summed E-state index contributed by atoms with van der Waals surface area (Å²) in [6.07, 6.45) is 1.63. The first-order valence-corrected chi connectivity index (χ1v) is 8.06. The average molecular weight is 306 g/mol. The van der Waals surface area contributed by atoms with Crippen LogP contribution in [0.25, 0.3) is 0 Å². The fourth-order valence-electron chi connectivity index (χ4n) is 2.30. The molecular formula is C10H14N2O5S2. The number of H-pyrrole nitrogens is 1. The van der Waals surface area contributed by atoms with E-state index in [0.29, 0.717) is 30.6 Å². The SMILES string of the molecule is Cc1[nH]c(=O)sc1S(=O)(=O)NC1CCCC1C(=O)O. The predicted octanol–water partition coefficient (Wildman–Crippen LogP) is 0.276. The molecule has 1 aliphatic rings. The number of carbonyl (C=O) groups is 1. The number of carboxylic acid groups (broad SMARTS) is 1. The highest BCUT2D eigenvalue weighted by Crippen LogP contribution is 2.28. The predicted molar refractivity (Wildman–Crippen MR) is 68.8 cm³/mol. The number of aryl methyl sites for hydroxylation is 1. The van der Waals surface area contributed by atoms with E-state index < -0.39 is 32.8 Å². The average Bonchev–Trinajstić information content (AvgIpc) is 2.84. The maximum absolute atomic E-state index is 12.1. The highest BCUT2D eigenvalue weighted by molar-refractivity contribution is 7.91. The Hall–Kier alpha value is -1.19. The van der Waals surface area contributed by atoms with Crippen LogP contribution in [0.5, 0.6) is 0 Å². The van der Waals surface area contributed by atoms with Gasteiger partial charge in [-0.05, 0) is 19.8 Å². The number of carboxylic acids is 1. The first kappa shape index (κ1) is 14.2. The van der Waals surface area contributed by atoms with Crippen molar-refractivity contribution < 1.29 is 18.3 Å². The summed E-state index contributed by atoms with van der Waals surface area (Å²) in [6, 6.07) is -0.612. The molecule has 7 nitrogen and oxygen atoms in total. The van der Waals surface area contributed by atoms with E-state index in [4.69, 9.17) is 5.11 Å². The highest BCUT2D eigenvalue weighted by atomic mass is 32.2. The van der Waals surface area contributed by atoms with Crippen molar-refractivity contribution in [3.63, 3.8) is 0 Å². The largest absolute Gasteiger partial charge is 0.481 e. The number of aromatic nitrogens is 1. The summed E-state index contributed by atoms with van der Waals surface area (Å²) in [5.41, 5.74) is 0.271. The van der Waals surface area contributed by atoms with Crippen LogP contribution in [0, 0.1) is 12.8 Å². The molecule has 0 aromatic carbocycles. The molecule has 1 aromatic rings. The summed E-state index contributed by atoms with van der Waals surface area (Å²) in [7, 11) is -3.85.